The fourth-order valence-corrected chi connectivity index (χ4v) is 2.55. The van der Waals surface area contributed by atoms with Crippen LogP contribution in [0.25, 0.3) is 10.8 Å². The van der Waals surface area contributed by atoms with Gasteiger partial charge < -0.3 is 11.1 Å². The number of likely N-dealkylation sites (tertiary alicyclic amines) is 1. The van der Waals surface area contributed by atoms with Crippen LogP contribution < -0.4 is 11.1 Å². The second-order valence-corrected chi connectivity index (χ2v) is 4.94. The predicted molar refractivity (Wildman–Crippen MR) is 78.2 cm³/mol. The van der Waals surface area contributed by atoms with Gasteiger partial charge in [-0.15, -0.1) is 0 Å². The van der Waals surface area contributed by atoms with Gasteiger partial charge in [-0.3, -0.25) is 14.5 Å². The average Bonchev–Trinajstić information content (AvgIpc) is 2.67. The van der Waals surface area contributed by atoms with Gasteiger partial charge in [-0.2, -0.15) is 0 Å². The fraction of sp³-hybridized carbons (Fsp3) is 0.200. The number of anilines is 2. The molecule has 1 heterocycles. The maximum absolute atomic E-state index is 12.0. The molecule has 2 aromatic carbocycles. The standard InChI is InChI=1S/C15H15N3O2/c1-18-13(19)8-12(15(18)20)17-11-7-3-5-9-4-2-6-10(16)14(9)11/h2-7,12,17H,8,16H2,1H3/t12-/m0/s1. The summed E-state index contributed by atoms with van der Waals surface area (Å²) in [4.78, 5) is 24.7. The van der Waals surface area contributed by atoms with Crippen LogP contribution in [0.2, 0.25) is 0 Å². The van der Waals surface area contributed by atoms with E-state index in [0.29, 0.717) is 5.69 Å². The van der Waals surface area contributed by atoms with Crippen molar-refractivity contribution in [2.45, 2.75) is 12.5 Å². The largest absolute Gasteiger partial charge is 0.398 e. The smallest absolute Gasteiger partial charge is 0.251 e. The summed E-state index contributed by atoms with van der Waals surface area (Å²) in [6.45, 7) is 0. The van der Waals surface area contributed by atoms with Gasteiger partial charge in [-0.05, 0) is 17.5 Å². The normalized spacial score (nSPS) is 18.9. The number of imide groups is 1. The number of likely N-dealkylation sites (N-methyl/N-ethyl adjacent to an activating group) is 1. The molecule has 5 heteroatoms. The van der Waals surface area contributed by atoms with Crippen molar-refractivity contribution in [3.8, 4) is 0 Å². The van der Waals surface area contributed by atoms with E-state index in [1.807, 2.05) is 36.4 Å². The first-order valence-corrected chi connectivity index (χ1v) is 6.42. The Balaban J connectivity index is 2.00. The average molecular weight is 269 g/mol. The first-order valence-electron chi connectivity index (χ1n) is 6.42. The van der Waals surface area contributed by atoms with Crippen LogP contribution >= 0.6 is 0 Å². The highest BCUT2D eigenvalue weighted by Crippen LogP contribution is 2.30. The zero-order chi connectivity index (χ0) is 14.3. The van der Waals surface area contributed by atoms with Gasteiger partial charge in [-0.25, -0.2) is 0 Å². The molecule has 0 bridgehead atoms. The van der Waals surface area contributed by atoms with E-state index < -0.39 is 6.04 Å². The molecule has 1 saturated heterocycles. The third-order valence-electron chi connectivity index (χ3n) is 3.65. The van der Waals surface area contributed by atoms with E-state index in [0.717, 1.165) is 21.4 Å². The van der Waals surface area contributed by atoms with Gasteiger partial charge in [0.05, 0.1) is 6.42 Å². The Morgan fingerprint density at radius 2 is 1.90 bits per heavy atom. The summed E-state index contributed by atoms with van der Waals surface area (Å²) in [6.07, 6.45) is 0.179. The van der Waals surface area contributed by atoms with E-state index in [2.05, 4.69) is 5.32 Å². The van der Waals surface area contributed by atoms with Crippen molar-refractivity contribution in [2.75, 3.05) is 18.1 Å². The molecule has 3 rings (SSSR count). The molecule has 0 radical (unpaired) electrons. The summed E-state index contributed by atoms with van der Waals surface area (Å²) in [6, 6.07) is 10.9. The number of rotatable bonds is 2. The van der Waals surface area contributed by atoms with E-state index in [1.165, 1.54) is 7.05 Å². The summed E-state index contributed by atoms with van der Waals surface area (Å²) in [7, 11) is 1.50. The molecule has 0 unspecified atom stereocenters. The Bertz CT molecular complexity index is 706. The van der Waals surface area contributed by atoms with Crippen molar-refractivity contribution in [2.24, 2.45) is 0 Å². The molecule has 0 aromatic heterocycles. The molecular weight excluding hydrogens is 254 g/mol. The lowest BCUT2D eigenvalue weighted by Gasteiger charge is -2.15. The molecule has 1 atom stereocenters. The Morgan fingerprint density at radius 1 is 1.20 bits per heavy atom. The van der Waals surface area contributed by atoms with E-state index in [4.69, 9.17) is 5.73 Å². The number of carbonyl (C=O) groups excluding carboxylic acids is 2. The Kier molecular flexibility index (Phi) is 2.82. The third-order valence-corrected chi connectivity index (χ3v) is 3.65. The molecule has 0 aliphatic carbocycles. The molecule has 1 aliphatic rings. The number of benzene rings is 2. The van der Waals surface area contributed by atoms with Crippen LogP contribution in [-0.4, -0.2) is 29.8 Å². The lowest BCUT2D eigenvalue weighted by Crippen LogP contribution is -2.31. The molecule has 102 valence electrons. The zero-order valence-corrected chi connectivity index (χ0v) is 11.1. The minimum Gasteiger partial charge on any atom is -0.398 e. The molecule has 0 spiro atoms. The number of hydrogen-bond acceptors (Lipinski definition) is 4. The summed E-state index contributed by atoms with van der Waals surface area (Å²) < 4.78 is 0. The first-order chi connectivity index (χ1) is 9.58. The Morgan fingerprint density at radius 3 is 2.55 bits per heavy atom. The van der Waals surface area contributed by atoms with Gasteiger partial charge in [0.2, 0.25) is 5.91 Å². The van der Waals surface area contributed by atoms with E-state index >= 15 is 0 Å². The van der Waals surface area contributed by atoms with Crippen molar-refractivity contribution in [3.63, 3.8) is 0 Å². The van der Waals surface area contributed by atoms with Crippen molar-refractivity contribution < 1.29 is 9.59 Å². The van der Waals surface area contributed by atoms with Crippen LogP contribution in [0.3, 0.4) is 0 Å². The second kappa shape index (κ2) is 4.52. The molecule has 3 N–H and O–H groups in total. The summed E-state index contributed by atoms with van der Waals surface area (Å²) in [5.74, 6) is -0.373. The minimum atomic E-state index is -0.516. The van der Waals surface area contributed by atoms with E-state index in [-0.39, 0.29) is 18.2 Å². The highest BCUT2D eigenvalue weighted by atomic mass is 16.2. The van der Waals surface area contributed by atoms with E-state index in [9.17, 15) is 9.59 Å². The molecule has 2 amide bonds. The minimum absolute atomic E-state index is 0.166. The third kappa shape index (κ3) is 1.87. The molecule has 0 saturated carbocycles. The summed E-state index contributed by atoms with van der Waals surface area (Å²) >= 11 is 0. The predicted octanol–water partition coefficient (Wildman–Crippen LogP) is 1.59. The Labute approximate surface area is 116 Å². The lowest BCUT2D eigenvalue weighted by molar-refractivity contribution is -0.136. The van der Waals surface area contributed by atoms with Gasteiger partial charge in [0.1, 0.15) is 6.04 Å². The number of hydrogen-bond donors (Lipinski definition) is 2. The van der Waals surface area contributed by atoms with Crippen LogP contribution in [-0.2, 0) is 9.59 Å². The molecule has 1 aliphatic heterocycles. The van der Waals surface area contributed by atoms with Crippen LogP contribution in [0.4, 0.5) is 11.4 Å². The SMILES string of the molecule is CN1C(=O)C[C@H](Nc2cccc3cccc(N)c23)C1=O. The number of nitrogen functional groups attached to an aromatic ring is 1. The highest BCUT2D eigenvalue weighted by molar-refractivity contribution is 6.08. The van der Waals surface area contributed by atoms with Crippen LogP contribution in [0.5, 0.6) is 0 Å². The zero-order valence-electron chi connectivity index (χ0n) is 11.1. The lowest BCUT2D eigenvalue weighted by atomic mass is 10.1. The van der Waals surface area contributed by atoms with Crippen LogP contribution in [0.1, 0.15) is 6.42 Å². The second-order valence-electron chi connectivity index (χ2n) is 4.94. The van der Waals surface area contributed by atoms with Gasteiger partial charge in [0.25, 0.3) is 5.91 Å². The van der Waals surface area contributed by atoms with Crippen molar-refractivity contribution in [1.82, 2.24) is 4.90 Å². The van der Waals surface area contributed by atoms with Gasteiger partial charge >= 0.3 is 0 Å². The molecule has 20 heavy (non-hydrogen) atoms. The fourth-order valence-electron chi connectivity index (χ4n) is 2.55. The Hall–Kier alpha value is -2.56. The van der Waals surface area contributed by atoms with Gasteiger partial charge in [0, 0.05) is 23.8 Å². The number of carbonyl (C=O) groups is 2. The summed E-state index contributed by atoms with van der Waals surface area (Å²) in [5, 5.41) is 5.02. The summed E-state index contributed by atoms with van der Waals surface area (Å²) in [5.41, 5.74) is 7.45. The van der Waals surface area contributed by atoms with Crippen LogP contribution in [0, 0.1) is 0 Å². The molecule has 2 aromatic rings. The maximum Gasteiger partial charge on any atom is 0.251 e. The highest BCUT2D eigenvalue weighted by Gasteiger charge is 2.36. The quantitative estimate of drug-likeness (QED) is 0.641. The van der Waals surface area contributed by atoms with Crippen molar-refractivity contribution >= 4 is 34.0 Å². The monoisotopic (exact) mass is 269 g/mol. The topological polar surface area (TPSA) is 75.4 Å². The number of nitrogens with zero attached hydrogens (tertiary/aromatic N) is 1. The van der Waals surface area contributed by atoms with Crippen molar-refractivity contribution in [1.29, 1.82) is 0 Å². The number of fused-ring (bicyclic) bond motifs is 1. The number of amides is 2. The van der Waals surface area contributed by atoms with Crippen molar-refractivity contribution in [3.05, 3.63) is 36.4 Å². The maximum atomic E-state index is 12.0. The number of nitrogens with two attached hydrogens (primary N) is 1. The van der Waals surface area contributed by atoms with Gasteiger partial charge in [-0.1, -0.05) is 24.3 Å². The molecular formula is C15H15N3O2. The van der Waals surface area contributed by atoms with Crippen LogP contribution in [0.15, 0.2) is 36.4 Å². The number of nitrogens with one attached hydrogen (secondary N) is 1. The molecule has 5 nitrogen and oxygen atoms in total. The first kappa shape index (κ1) is 12.5. The van der Waals surface area contributed by atoms with Gasteiger partial charge in [0.15, 0.2) is 0 Å². The molecule has 1 fully saturated rings. The van der Waals surface area contributed by atoms with E-state index in [1.54, 1.807) is 0 Å².